The van der Waals surface area contributed by atoms with Crippen LogP contribution in [0.25, 0.3) is 0 Å². The van der Waals surface area contributed by atoms with Gasteiger partial charge in [-0.2, -0.15) is 0 Å². The molecule has 0 saturated carbocycles. The molecule has 0 saturated heterocycles. The van der Waals surface area contributed by atoms with E-state index in [0.29, 0.717) is 17.1 Å². The molecule has 1 N–H and O–H groups in total. The summed E-state index contributed by atoms with van der Waals surface area (Å²) in [6.45, 7) is 3.67. The molecule has 0 spiro atoms. The monoisotopic (exact) mass is 403 g/mol. The van der Waals surface area contributed by atoms with Crippen LogP contribution in [0.15, 0.2) is 78.9 Å². The first-order chi connectivity index (χ1) is 14.5. The molecule has 0 aliphatic carbocycles. The maximum absolute atomic E-state index is 12.4. The van der Waals surface area contributed by atoms with E-state index in [4.69, 9.17) is 9.47 Å². The molecule has 0 aliphatic heterocycles. The van der Waals surface area contributed by atoms with Crippen molar-refractivity contribution in [3.63, 3.8) is 0 Å². The number of carbonyl (C=O) groups excluding carboxylic acids is 2. The number of benzene rings is 3. The molecule has 0 aliphatic rings. The minimum atomic E-state index is -0.577. The third-order valence-electron chi connectivity index (χ3n) is 4.61. The number of aryl methyl sites for hydroxylation is 1. The van der Waals surface area contributed by atoms with E-state index in [2.05, 4.69) is 5.32 Å². The van der Waals surface area contributed by atoms with Gasteiger partial charge in [0, 0.05) is 0 Å². The number of hydrogen-bond donors (Lipinski definition) is 1. The van der Waals surface area contributed by atoms with Crippen molar-refractivity contribution in [2.24, 2.45) is 0 Å². The third kappa shape index (κ3) is 5.95. The molecule has 0 bridgehead atoms. The molecule has 0 radical (unpaired) electrons. The highest BCUT2D eigenvalue weighted by Gasteiger charge is 2.15. The van der Waals surface area contributed by atoms with Crippen molar-refractivity contribution < 1.29 is 19.1 Å². The fourth-order valence-corrected chi connectivity index (χ4v) is 2.98. The van der Waals surface area contributed by atoms with Gasteiger partial charge in [-0.05, 0) is 49.2 Å². The van der Waals surface area contributed by atoms with E-state index in [1.165, 1.54) is 0 Å². The molecule has 0 unspecified atom stereocenters. The average Bonchev–Trinajstić information content (AvgIpc) is 2.77. The Kier molecular flexibility index (Phi) is 7.22. The minimum Gasteiger partial charge on any atom is -0.457 e. The van der Waals surface area contributed by atoms with Crippen molar-refractivity contribution in [3.8, 4) is 11.5 Å². The van der Waals surface area contributed by atoms with Gasteiger partial charge in [-0.3, -0.25) is 4.79 Å². The largest absolute Gasteiger partial charge is 0.457 e. The summed E-state index contributed by atoms with van der Waals surface area (Å²) in [5.74, 6) is 0.272. The van der Waals surface area contributed by atoms with Crippen molar-refractivity contribution >= 4 is 11.9 Å². The number of ether oxygens (including phenoxy) is 2. The van der Waals surface area contributed by atoms with Gasteiger partial charge >= 0.3 is 5.97 Å². The highest BCUT2D eigenvalue weighted by atomic mass is 16.5. The molecule has 1 atom stereocenters. The van der Waals surface area contributed by atoms with Crippen LogP contribution in [-0.2, 0) is 9.53 Å². The summed E-state index contributed by atoms with van der Waals surface area (Å²) in [6.07, 6.45) is 0.738. The van der Waals surface area contributed by atoms with Crippen LogP contribution in [-0.4, -0.2) is 18.5 Å². The number of para-hydroxylation sites is 1. The van der Waals surface area contributed by atoms with E-state index in [1.807, 2.05) is 68.4 Å². The quantitative estimate of drug-likeness (QED) is 0.524. The molecule has 3 rings (SSSR count). The Morgan fingerprint density at radius 1 is 0.900 bits per heavy atom. The summed E-state index contributed by atoms with van der Waals surface area (Å²) < 4.78 is 10.9. The summed E-state index contributed by atoms with van der Waals surface area (Å²) in [7, 11) is 0. The molecule has 5 heteroatoms. The second-order valence-electron chi connectivity index (χ2n) is 6.96. The maximum atomic E-state index is 12.4. The topological polar surface area (TPSA) is 64.6 Å². The van der Waals surface area contributed by atoms with Gasteiger partial charge in [0.05, 0.1) is 11.6 Å². The predicted octanol–water partition coefficient (Wildman–Crippen LogP) is 5.21. The number of hydrogen-bond acceptors (Lipinski definition) is 4. The van der Waals surface area contributed by atoms with Gasteiger partial charge < -0.3 is 14.8 Å². The van der Waals surface area contributed by atoms with Crippen LogP contribution in [0.3, 0.4) is 0 Å². The molecule has 5 nitrogen and oxygen atoms in total. The lowest BCUT2D eigenvalue weighted by atomic mass is 10.0. The highest BCUT2D eigenvalue weighted by Crippen LogP contribution is 2.22. The number of esters is 1. The van der Waals surface area contributed by atoms with Crippen molar-refractivity contribution in [1.82, 2.24) is 5.32 Å². The number of rotatable bonds is 8. The average molecular weight is 403 g/mol. The third-order valence-corrected chi connectivity index (χ3v) is 4.61. The molecule has 30 heavy (non-hydrogen) atoms. The Morgan fingerprint density at radius 2 is 1.60 bits per heavy atom. The van der Waals surface area contributed by atoms with Gasteiger partial charge in [0.1, 0.15) is 11.5 Å². The number of amides is 1. The van der Waals surface area contributed by atoms with Crippen LogP contribution in [0, 0.1) is 6.92 Å². The summed E-state index contributed by atoms with van der Waals surface area (Å²) in [5, 5.41) is 2.91. The summed E-state index contributed by atoms with van der Waals surface area (Å²) in [6, 6.07) is 23.8. The zero-order valence-corrected chi connectivity index (χ0v) is 17.1. The van der Waals surface area contributed by atoms with Crippen LogP contribution < -0.4 is 10.1 Å². The van der Waals surface area contributed by atoms with Crippen LogP contribution in [0.2, 0.25) is 0 Å². The first-order valence-corrected chi connectivity index (χ1v) is 9.91. The zero-order chi connectivity index (χ0) is 21.3. The van der Waals surface area contributed by atoms with Gasteiger partial charge in [-0.15, -0.1) is 0 Å². The number of carbonyl (C=O) groups is 2. The van der Waals surface area contributed by atoms with Crippen molar-refractivity contribution in [2.75, 3.05) is 6.61 Å². The normalized spacial score (nSPS) is 11.4. The molecule has 0 aromatic heterocycles. The Bertz CT molecular complexity index is 984. The molecule has 1 amide bonds. The van der Waals surface area contributed by atoms with E-state index >= 15 is 0 Å². The van der Waals surface area contributed by atoms with Gasteiger partial charge in [0.2, 0.25) is 0 Å². The van der Waals surface area contributed by atoms with Gasteiger partial charge in [-0.1, -0.05) is 61.0 Å². The van der Waals surface area contributed by atoms with Crippen molar-refractivity contribution in [2.45, 2.75) is 26.3 Å². The van der Waals surface area contributed by atoms with Crippen LogP contribution >= 0.6 is 0 Å². The molecular weight excluding hydrogens is 378 g/mol. The summed E-state index contributed by atoms with van der Waals surface area (Å²) >= 11 is 0. The Hall–Kier alpha value is -3.60. The fourth-order valence-electron chi connectivity index (χ4n) is 2.98. The zero-order valence-electron chi connectivity index (χ0n) is 17.1. The second kappa shape index (κ2) is 10.3. The van der Waals surface area contributed by atoms with E-state index < -0.39 is 5.97 Å². The predicted molar refractivity (Wildman–Crippen MR) is 116 cm³/mol. The molecule has 0 fully saturated rings. The lowest BCUT2D eigenvalue weighted by Gasteiger charge is -2.17. The van der Waals surface area contributed by atoms with E-state index in [0.717, 1.165) is 17.5 Å². The van der Waals surface area contributed by atoms with Crippen LogP contribution in [0.5, 0.6) is 11.5 Å². The second-order valence-corrected chi connectivity index (χ2v) is 6.96. The van der Waals surface area contributed by atoms with E-state index in [9.17, 15) is 9.59 Å². The Labute approximate surface area is 176 Å². The van der Waals surface area contributed by atoms with Gasteiger partial charge in [-0.25, -0.2) is 4.79 Å². The highest BCUT2D eigenvalue weighted by molar-refractivity contribution is 5.91. The summed E-state index contributed by atoms with van der Waals surface area (Å²) in [5.41, 5.74) is 2.50. The van der Waals surface area contributed by atoms with Crippen LogP contribution in [0.4, 0.5) is 0 Å². The molecule has 3 aromatic carbocycles. The Morgan fingerprint density at radius 3 is 2.30 bits per heavy atom. The van der Waals surface area contributed by atoms with Gasteiger partial charge in [0.25, 0.3) is 5.91 Å². The van der Waals surface area contributed by atoms with Crippen molar-refractivity contribution in [1.29, 1.82) is 0 Å². The first kappa shape index (κ1) is 21.1. The summed E-state index contributed by atoms with van der Waals surface area (Å²) in [4.78, 5) is 24.6. The van der Waals surface area contributed by atoms with Crippen molar-refractivity contribution in [3.05, 3.63) is 95.6 Å². The lowest BCUT2D eigenvalue weighted by molar-refractivity contribution is -0.125. The van der Waals surface area contributed by atoms with Crippen LogP contribution in [0.1, 0.15) is 40.9 Å². The molecular formula is C25H25NO4. The lowest BCUT2D eigenvalue weighted by Crippen LogP contribution is -2.32. The minimum absolute atomic E-state index is 0.126. The first-order valence-electron chi connectivity index (χ1n) is 9.91. The smallest absolute Gasteiger partial charge is 0.338 e. The molecule has 3 aromatic rings. The Balaban J connectivity index is 1.55. The maximum Gasteiger partial charge on any atom is 0.338 e. The molecule has 0 heterocycles. The van der Waals surface area contributed by atoms with E-state index in [-0.39, 0.29) is 18.6 Å². The number of nitrogens with one attached hydrogen (secondary N) is 1. The standard InChI is InChI=1S/C25H25NO4/c1-3-23(19-14-12-18(2)13-15-19)26-24(27)17-29-25(28)20-8-7-11-22(16-20)30-21-9-5-4-6-10-21/h4-16,23H,3,17H2,1-2H3,(H,26,27)/t23-/m1/s1. The van der Waals surface area contributed by atoms with Gasteiger partial charge in [0.15, 0.2) is 6.61 Å². The fraction of sp³-hybridized carbons (Fsp3) is 0.200. The molecule has 154 valence electrons. The SMILES string of the molecule is CC[C@@H](NC(=O)COC(=O)c1cccc(Oc2ccccc2)c1)c1ccc(C)cc1. The van der Waals surface area contributed by atoms with E-state index in [1.54, 1.807) is 24.3 Å².